The molecule has 1 aliphatic carbocycles. The van der Waals surface area contributed by atoms with Crippen LogP contribution in [0, 0.1) is 5.92 Å². The Labute approximate surface area is 120 Å². The highest BCUT2D eigenvalue weighted by molar-refractivity contribution is 7.99. The maximum atomic E-state index is 11.5. The number of carbonyl (C=O) groups is 1. The predicted octanol–water partition coefficient (Wildman–Crippen LogP) is 2.48. The van der Waals surface area contributed by atoms with Crippen LogP contribution in [-0.2, 0) is 14.3 Å². The summed E-state index contributed by atoms with van der Waals surface area (Å²) in [5.41, 5.74) is 0.196. The summed E-state index contributed by atoms with van der Waals surface area (Å²) in [7, 11) is 1.47. The van der Waals surface area contributed by atoms with Gasteiger partial charge in [-0.15, -0.1) is 11.8 Å². The van der Waals surface area contributed by atoms with E-state index in [1.807, 2.05) is 0 Å². The van der Waals surface area contributed by atoms with Gasteiger partial charge in [-0.25, -0.2) is 0 Å². The van der Waals surface area contributed by atoms with E-state index < -0.39 is 0 Å². The van der Waals surface area contributed by atoms with E-state index in [1.165, 1.54) is 20.0 Å². The van der Waals surface area contributed by atoms with Crippen molar-refractivity contribution < 1.29 is 14.3 Å². The number of carbonyl (C=O) groups excluding carboxylic acids is 1. The van der Waals surface area contributed by atoms with Crippen LogP contribution in [0.5, 0.6) is 0 Å². The van der Waals surface area contributed by atoms with Crippen LogP contribution in [0.1, 0.15) is 38.5 Å². The molecule has 1 aliphatic heterocycles. The molecule has 1 saturated heterocycles. The molecule has 0 aromatic carbocycles. The summed E-state index contributed by atoms with van der Waals surface area (Å²) in [4.78, 5) is 13.9. The van der Waals surface area contributed by atoms with Crippen LogP contribution in [0.3, 0.4) is 0 Å². The van der Waals surface area contributed by atoms with Crippen molar-refractivity contribution in [1.82, 2.24) is 4.90 Å². The van der Waals surface area contributed by atoms with Gasteiger partial charge in [0.15, 0.2) is 5.56 Å². The molecule has 110 valence electrons. The van der Waals surface area contributed by atoms with Crippen LogP contribution in [0.25, 0.3) is 0 Å². The first-order valence-electron chi connectivity index (χ1n) is 7.24. The first-order valence-corrected chi connectivity index (χ1v) is 8.53. The smallest absolute Gasteiger partial charge is 0.308 e. The summed E-state index contributed by atoms with van der Waals surface area (Å²) >= 11 is 1.78. The molecule has 19 heavy (non-hydrogen) atoms. The molecule has 2 fully saturated rings. The summed E-state index contributed by atoms with van der Waals surface area (Å²) in [5.74, 6) is 0.0313. The highest BCUT2D eigenvalue weighted by Crippen LogP contribution is 2.30. The quantitative estimate of drug-likeness (QED) is 0.574. The molecule has 0 radical (unpaired) electrons. The normalized spacial score (nSPS) is 30.2. The zero-order valence-corrected chi connectivity index (χ0v) is 12.8. The average Bonchev–Trinajstić information content (AvgIpc) is 2.98. The van der Waals surface area contributed by atoms with Crippen molar-refractivity contribution in [2.24, 2.45) is 5.92 Å². The minimum atomic E-state index is -0.0561. The molecule has 0 aromatic heterocycles. The Morgan fingerprint density at radius 3 is 2.37 bits per heavy atom. The first-order chi connectivity index (χ1) is 9.24. The first kappa shape index (κ1) is 15.1. The van der Waals surface area contributed by atoms with E-state index in [9.17, 15) is 4.79 Å². The fraction of sp³-hybridized carbons (Fsp3) is 0.929. The highest BCUT2D eigenvalue weighted by atomic mass is 32.2. The summed E-state index contributed by atoms with van der Waals surface area (Å²) in [6, 6.07) is 0. The van der Waals surface area contributed by atoms with E-state index in [0.29, 0.717) is 6.10 Å². The average molecular weight is 287 g/mol. The summed E-state index contributed by atoms with van der Waals surface area (Å²) in [6.07, 6.45) is 8.75. The Morgan fingerprint density at radius 1 is 1.21 bits per heavy atom. The van der Waals surface area contributed by atoms with Gasteiger partial charge in [0.1, 0.15) is 0 Å². The zero-order chi connectivity index (χ0) is 13.7. The van der Waals surface area contributed by atoms with Gasteiger partial charge < -0.3 is 9.47 Å². The van der Waals surface area contributed by atoms with E-state index in [-0.39, 0.29) is 17.4 Å². The van der Waals surface area contributed by atoms with Crippen molar-refractivity contribution in [3.05, 3.63) is 0 Å². The Morgan fingerprint density at radius 2 is 1.84 bits per heavy atom. The number of hydrogen-bond acceptors (Lipinski definition) is 5. The van der Waals surface area contributed by atoms with Gasteiger partial charge in [0.2, 0.25) is 0 Å². The third-order valence-electron chi connectivity index (χ3n) is 4.16. The molecule has 0 bridgehead atoms. The molecular weight excluding hydrogens is 262 g/mol. The molecule has 0 amide bonds. The number of rotatable bonds is 5. The lowest BCUT2D eigenvalue weighted by atomic mass is 9.87. The van der Waals surface area contributed by atoms with Crippen molar-refractivity contribution >= 4 is 17.7 Å². The molecule has 0 spiro atoms. The van der Waals surface area contributed by atoms with Crippen molar-refractivity contribution in [3.63, 3.8) is 0 Å². The minimum Gasteiger partial charge on any atom is -0.469 e. The van der Waals surface area contributed by atoms with Gasteiger partial charge in [-0.3, -0.25) is 9.69 Å². The van der Waals surface area contributed by atoms with Crippen molar-refractivity contribution in [1.29, 1.82) is 0 Å². The van der Waals surface area contributed by atoms with Crippen molar-refractivity contribution in [3.8, 4) is 0 Å². The third kappa shape index (κ3) is 4.10. The van der Waals surface area contributed by atoms with Crippen LogP contribution in [0.15, 0.2) is 0 Å². The van der Waals surface area contributed by atoms with Crippen LogP contribution in [0.2, 0.25) is 0 Å². The molecule has 2 rings (SSSR count). The van der Waals surface area contributed by atoms with E-state index in [2.05, 4.69) is 11.2 Å². The predicted molar refractivity (Wildman–Crippen MR) is 77.0 cm³/mol. The van der Waals surface area contributed by atoms with Crippen molar-refractivity contribution in [2.45, 2.75) is 50.2 Å². The van der Waals surface area contributed by atoms with Crippen LogP contribution >= 0.6 is 11.8 Å². The maximum Gasteiger partial charge on any atom is 0.308 e. The fourth-order valence-electron chi connectivity index (χ4n) is 3.01. The largest absolute Gasteiger partial charge is 0.469 e. The Kier molecular flexibility index (Phi) is 5.98. The second kappa shape index (κ2) is 7.50. The van der Waals surface area contributed by atoms with E-state index in [4.69, 9.17) is 9.47 Å². The summed E-state index contributed by atoms with van der Waals surface area (Å²) in [5, 5.41) is 0. The number of esters is 1. The Hall–Kier alpha value is -0.260. The van der Waals surface area contributed by atoms with Gasteiger partial charge >= 0.3 is 5.97 Å². The Balaban J connectivity index is 1.76. The van der Waals surface area contributed by atoms with Gasteiger partial charge in [-0.05, 0) is 44.8 Å². The number of nitrogens with zero attached hydrogens (tertiary/aromatic N) is 1. The second-order valence-electron chi connectivity index (χ2n) is 5.42. The van der Waals surface area contributed by atoms with Gasteiger partial charge in [-0.1, -0.05) is 0 Å². The molecular formula is C14H25NO3S. The van der Waals surface area contributed by atoms with E-state index in [0.717, 1.165) is 38.8 Å². The number of thioether (sulfide) groups is 1. The van der Waals surface area contributed by atoms with E-state index >= 15 is 0 Å². The molecule has 4 nitrogen and oxygen atoms in total. The summed E-state index contributed by atoms with van der Waals surface area (Å²) in [6.45, 7) is 2.31. The zero-order valence-electron chi connectivity index (χ0n) is 12.0. The number of methoxy groups -OCH3 is 1. The third-order valence-corrected chi connectivity index (χ3v) is 4.97. The maximum absolute atomic E-state index is 11.5. The van der Waals surface area contributed by atoms with Gasteiger partial charge in [0, 0.05) is 13.1 Å². The number of likely N-dealkylation sites (tertiary alicyclic amines) is 1. The van der Waals surface area contributed by atoms with Gasteiger partial charge in [0.25, 0.3) is 0 Å². The number of ether oxygens (including phenoxy) is 2. The molecule has 1 heterocycles. The monoisotopic (exact) mass is 287 g/mol. The van der Waals surface area contributed by atoms with Crippen LogP contribution in [-0.4, -0.2) is 49.0 Å². The van der Waals surface area contributed by atoms with Crippen LogP contribution < -0.4 is 0 Å². The molecule has 2 aliphatic rings. The topological polar surface area (TPSA) is 38.8 Å². The SMILES string of the molecule is COC(=O)C1CCC(OC(SC)N2CCCC2)CC1. The lowest BCUT2D eigenvalue weighted by molar-refractivity contribution is -0.148. The van der Waals surface area contributed by atoms with Gasteiger partial charge in [-0.2, -0.15) is 0 Å². The molecule has 1 saturated carbocycles. The summed E-state index contributed by atoms with van der Waals surface area (Å²) < 4.78 is 11.0. The standard InChI is InChI=1S/C14H25NO3S/c1-17-13(16)11-5-7-12(8-6-11)18-14(19-2)15-9-3-4-10-15/h11-12,14H,3-10H2,1-2H3. The van der Waals surface area contributed by atoms with Gasteiger partial charge in [0.05, 0.1) is 19.1 Å². The van der Waals surface area contributed by atoms with E-state index in [1.54, 1.807) is 11.8 Å². The van der Waals surface area contributed by atoms with Crippen LogP contribution in [0.4, 0.5) is 0 Å². The Bertz CT molecular complexity index is 286. The van der Waals surface area contributed by atoms with Crippen molar-refractivity contribution in [2.75, 3.05) is 26.5 Å². The number of hydrogen-bond donors (Lipinski definition) is 0. The lowest BCUT2D eigenvalue weighted by Crippen LogP contribution is -2.37. The lowest BCUT2D eigenvalue weighted by Gasteiger charge is -2.33. The fourth-order valence-corrected chi connectivity index (χ4v) is 3.79. The highest BCUT2D eigenvalue weighted by Gasteiger charge is 2.30. The molecule has 1 atom stereocenters. The second-order valence-corrected chi connectivity index (χ2v) is 6.29. The molecule has 0 N–H and O–H groups in total. The molecule has 1 unspecified atom stereocenters. The molecule has 0 aromatic rings. The minimum absolute atomic E-state index is 0.0561. The molecule has 5 heteroatoms.